The summed E-state index contributed by atoms with van der Waals surface area (Å²) < 4.78 is 12.0. The maximum absolute atomic E-state index is 12.0. The van der Waals surface area contributed by atoms with E-state index < -0.39 is 12.8 Å². The van der Waals surface area contributed by atoms with E-state index in [1.807, 2.05) is 0 Å². The molecule has 1 atom stereocenters. The summed E-state index contributed by atoms with van der Waals surface area (Å²) >= 11 is 0. The summed E-state index contributed by atoms with van der Waals surface area (Å²) in [6.07, 6.45) is 1.50. The van der Waals surface area contributed by atoms with Gasteiger partial charge in [-0.3, -0.25) is 0 Å². The molecule has 0 aromatic carbocycles. The van der Waals surface area contributed by atoms with Gasteiger partial charge in [-0.1, -0.05) is 13.8 Å². The van der Waals surface area contributed by atoms with Gasteiger partial charge < -0.3 is 10.0 Å². The average molecular weight is 189 g/mol. The van der Waals surface area contributed by atoms with Crippen molar-refractivity contribution in [1.29, 1.82) is 0 Å². The van der Waals surface area contributed by atoms with Crippen molar-refractivity contribution in [3.63, 3.8) is 0 Å². The Labute approximate surface area is 79.7 Å². The lowest BCUT2D eigenvalue weighted by Gasteiger charge is -2.37. The third-order valence-corrected chi connectivity index (χ3v) is 2.86. The van der Waals surface area contributed by atoms with Crippen molar-refractivity contribution < 1.29 is 9.50 Å². The van der Waals surface area contributed by atoms with Crippen molar-refractivity contribution in [2.75, 3.05) is 26.3 Å². The van der Waals surface area contributed by atoms with Gasteiger partial charge in [-0.2, -0.15) is 0 Å². The van der Waals surface area contributed by atoms with Gasteiger partial charge in [0.25, 0.3) is 0 Å². The van der Waals surface area contributed by atoms with Crippen molar-refractivity contribution in [3.05, 3.63) is 0 Å². The molecule has 1 aliphatic heterocycles. The van der Waals surface area contributed by atoms with Gasteiger partial charge in [0.2, 0.25) is 0 Å². The summed E-state index contributed by atoms with van der Waals surface area (Å²) in [5, 5.41) is 9.12. The fourth-order valence-electron chi connectivity index (χ4n) is 1.69. The third-order valence-electron chi connectivity index (χ3n) is 2.86. The largest absolute Gasteiger partial charge is 0.389 e. The second kappa shape index (κ2) is 4.38. The third kappa shape index (κ3) is 3.61. The summed E-state index contributed by atoms with van der Waals surface area (Å²) in [5.74, 6) is 0. The summed E-state index contributed by atoms with van der Waals surface area (Å²) in [6, 6.07) is 0. The number of nitrogens with zero attached hydrogens (tertiary/aromatic N) is 1. The highest BCUT2D eigenvalue weighted by molar-refractivity contribution is 4.79. The molecule has 0 amide bonds. The van der Waals surface area contributed by atoms with Gasteiger partial charge >= 0.3 is 0 Å². The number of aliphatic hydroxyl groups excluding tert-OH is 1. The molecule has 2 nitrogen and oxygen atoms in total. The van der Waals surface area contributed by atoms with Gasteiger partial charge in [0.05, 0.1) is 6.10 Å². The molecule has 78 valence electrons. The van der Waals surface area contributed by atoms with Crippen LogP contribution in [0.1, 0.15) is 26.7 Å². The molecule has 3 heteroatoms. The van der Waals surface area contributed by atoms with Crippen LogP contribution in [-0.4, -0.2) is 42.4 Å². The van der Waals surface area contributed by atoms with E-state index in [0.717, 1.165) is 25.9 Å². The van der Waals surface area contributed by atoms with Crippen LogP contribution in [0.25, 0.3) is 0 Å². The Balaban J connectivity index is 2.25. The quantitative estimate of drug-likeness (QED) is 0.726. The minimum Gasteiger partial charge on any atom is -0.389 e. The van der Waals surface area contributed by atoms with E-state index in [9.17, 15) is 4.39 Å². The predicted octanol–water partition coefficient (Wildman–Crippen LogP) is 1.44. The number of aliphatic hydroxyl groups is 1. The Bertz CT molecular complexity index is 151. The van der Waals surface area contributed by atoms with Crippen LogP contribution in [0.3, 0.4) is 0 Å². The van der Waals surface area contributed by atoms with Crippen LogP contribution in [0, 0.1) is 5.41 Å². The highest BCUT2D eigenvalue weighted by Crippen LogP contribution is 2.29. The Morgan fingerprint density at radius 2 is 1.92 bits per heavy atom. The smallest absolute Gasteiger partial charge is 0.117 e. The van der Waals surface area contributed by atoms with Crippen LogP contribution in [-0.2, 0) is 0 Å². The highest BCUT2D eigenvalue weighted by atomic mass is 19.1. The molecule has 0 aromatic rings. The second-order valence-electron chi connectivity index (χ2n) is 4.77. The molecule has 1 rings (SSSR count). The van der Waals surface area contributed by atoms with E-state index in [4.69, 9.17) is 5.11 Å². The van der Waals surface area contributed by atoms with Crippen LogP contribution >= 0.6 is 0 Å². The van der Waals surface area contributed by atoms with Crippen molar-refractivity contribution in [2.45, 2.75) is 32.8 Å². The first kappa shape index (κ1) is 10.9. The summed E-state index contributed by atoms with van der Waals surface area (Å²) in [7, 11) is 0. The van der Waals surface area contributed by atoms with E-state index in [-0.39, 0.29) is 0 Å². The van der Waals surface area contributed by atoms with Gasteiger partial charge in [-0.05, 0) is 31.3 Å². The zero-order valence-corrected chi connectivity index (χ0v) is 8.59. The Morgan fingerprint density at radius 1 is 1.38 bits per heavy atom. The van der Waals surface area contributed by atoms with Crippen molar-refractivity contribution in [1.82, 2.24) is 4.90 Å². The monoisotopic (exact) mass is 189 g/mol. The first-order valence-corrected chi connectivity index (χ1v) is 5.00. The van der Waals surface area contributed by atoms with Gasteiger partial charge in [-0.25, -0.2) is 4.39 Å². The van der Waals surface area contributed by atoms with Gasteiger partial charge in [-0.15, -0.1) is 0 Å². The molecule has 0 saturated carbocycles. The topological polar surface area (TPSA) is 23.5 Å². The minimum atomic E-state index is -0.791. The number of rotatable bonds is 3. The van der Waals surface area contributed by atoms with E-state index >= 15 is 0 Å². The molecule has 1 saturated heterocycles. The lowest BCUT2D eigenvalue weighted by molar-refractivity contribution is 0.0577. The highest BCUT2D eigenvalue weighted by Gasteiger charge is 2.25. The first-order valence-electron chi connectivity index (χ1n) is 5.00. The molecule has 0 aromatic heterocycles. The standard InChI is InChI=1S/C10H20FNO/c1-10(2)3-5-12(6-4-10)8-9(13)7-11/h9,13H,3-8H2,1-2H3. The lowest BCUT2D eigenvalue weighted by Crippen LogP contribution is -2.41. The zero-order valence-electron chi connectivity index (χ0n) is 8.59. The number of β-amino-alcohol motifs (C(OH)–C–C–N with tert-alkyl or cyclic N) is 1. The number of piperidine rings is 1. The molecule has 13 heavy (non-hydrogen) atoms. The van der Waals surface area contributed by atoms with Crippen LogP contribution in [0.5, 0.6) is 0 Å². The molecule has 1 N–H and O–H groups in total. The number of likely N-dealkylation sites (tertiary alicyclic amines) is 1. The van der Waals surface area contributed by atoms with Crippen LogP contribution in [0.4, 0.5) is 4.39 Å². The van der Waals surface area contributed by atoms with Crippen LogP contribution in [0.15, 0.2) is 0 Å². The maximum atomic E-state index is 12.0. The SMILES string of the molecule is CC1(C)CCN(CC(O)CF)CC1. The minimum absolute atomic E-state index is 0.428. The Kier molecular flexibility index (Phi) is 3.68. The number of halogens is 1. The molecule has 1 heterocycles. The van der Waals surface area contributed by atoms with Gasteiger partial charge in [0.15, 0.2) is 0 Å². The number of alkyl halides is 1. The molecule has 1 fully saturated rings. The number of hydrogen-bond acceptors (Lipinski definition) is 2. The van der Waals surface area contributed by atoms with Gasteiger partial charge in [0, 0.05) is 6.54 Å². The fourth-order valence-corrected chi connectivity index (χ4v) is 1.69. The Hall–Kier alpha value is -0.150. The molecule has 0 bridgehead atoms. The molecule has 1 unspecified atom stereocenters. The molecular formula is C10H20FNO. The van der Waals surface area contributed by atoms with Gasteiger partial charge in [0.1, 0.15) is 6.67 Å². The van der Waals surface area contributed by atoms with Crippen molar-refractivity contribution in [2.24, 2.45) is 5.41 Å². The van der Waals surface area contributed by atoms with Crippen LogP contribution < -0.4 is 0 Å². The van der Waals surface area contributed by atoms with E-state index in [2.05, 4.69) is 18.7 Å². The zero-order chi connectivity index (χ0) is 9.90. The summed E-state index contributed by atoms with van der Waals surface area (Å²) in [4.78, 5) is 2.15. The summed E-state index contributed by atoms with van der Waals surface area (Å²) in [6.45, 7) is 6.37. The van der Waals surface area contributed by atoms with Crippen molar-refractivity contribution >= 4 is 0 Å². The van der Waals surface area contributed by atoms with Crippen molar-refractivity contribution in [3.8, 4) is 0 Å². The second-order valence-corrected chi connectivity index (χ2v) is 4.77. The normalized spacial score (nSPS) is 25.8. The number of hydrogen-bond donors (Lipinski definition) is 1. The first-order chi connectivity index (χ1) is 6.03. The predicted molar refractivity (Wildman–Crippen MR) is 51.4 cm³/mol. The molecule has 0 spiro atoms. The lowest BCUT2D eigenvalue weighted by atomic mass is 9.82. The maximum Gasteiger partial charge on any atom is 0.117 e. The van der Waals surface area contributed by atoms with E-state index in [0.29, 0.717) is 12.0 Å². The molecule has 0 radical (unpaired) electrons. The molecule has 1 aliphatic rings. The van der Waals surface area contributed by atoms with E-state index in [1.165, 1.54) is 0 Å². The molecule has 0 aliphatic carbocycles. The van der Waals surface area contributed by atoms with E-state index in [1.54, 1.807) is 0 Å². The van der Waals surface area contributed by atoms with Crippen LogP contribution in [0.2, 0.25) is 0 Å². The fraction of sp³-hybridized carbons (Fsp3) is 1.00. The summed E-state index contributed by atoms with van der Waals surface area (Å²) in [5.41, 5.74) is 0.428. The Morgan fingerprint density at radius 3 is 2.38 bits per heavy atom. The molecular weight excluding hydrogens is 169 g/mol. The average Bonchev–Trinajstić information content (AvgIpc) is 2.08.